The summed E-state index contributed by atoms with van der Waals surface area (Å²) in [6.45, 7) is 5.03. The maximum atomic E-state index is 12.6. The van der Waals surface area contributed by atoms with Crippen LogP contribution in [-0.4, -0.2) is 12.5 Å². The number of nitrogens with one attached hydrogen (secondary N) is 2. The van der Waals surface area contributed by atoms with Gasteiger partial charge in [0.15, 0.2) is 0 Å². The molecule has 2 aromatic carbocycles. The summed E-state index contributed by atoms with van der Waals surface area (Å²) in [7, 11) is 0. The highest BCUT2D eigenvalue weighted by Crippen LogP contribution is 2.34. The molecule has 0 saturated carbocycles. The fraction of sp³-hybridized carbons (Fsp3) is 0.409. The summed E-state index contributed by atoms with van der Waals surface area (Å²) in [6.07, 6.45) is 5.53. The Hall–Kier alpha value is -2.49. The molecule has 4 nitrogen and oxygen atoms in total. The van der Waals surface area contributed by atoms with Gasteiger partial charge in [0.1, 0.15) is 11.4 Å². The molecule has 0 bridgehead atoms. The third kappa shape index (κ3) is 3.85. The topological polar surface area (TPSA) is 50.4 Å². The molecule has 0 saturated heterocycles. The van der Waals surface area contributed by atoms with E-state index in [-0.39, 0.29) is 5.91 Å². The molecule has 1 atom stereocenters. The van der Waals surface area contributed by atoms with Gasteiger partial charge in [-0.3, -0.25) is 4.79 Å². The highest BCUT2D eigenvalue weighted by Gasteiger charge is 2.37. The zero-order chi connectivity index (χ0) is 18.4. The van der Waals surface area contributed by atoms with Crippen LogP contribution >= 0.6 is 0 Å². The molecule has 3 rings (SSSR count). The highest BCUT2D eigenvalue weighted by atomic mass is 16.5. The number of amides is 1. The molecule has 0 radical (unpaired) electrons. The average molecular weight is 352 g/mol. The predicted molar refractivity (Wildman–Crippen MR) is 106 cm³/mol. The quantitative estimate of drug-likeness (QED) is 0.653. The monoisotopic (exact) mass is 352 g/mol. The van der Waals surface area contributed by atoms with Gasteiger partial charge in [-0.15, -0.1) is 0 Å². The van der Waals surface area contributed by atoms with E-state index in [9.17, 15) is 4.79 Å². The van der Waals surface area contributed by atoms with Crippen molar-refractivity contribution in [2.45, 2.75) is 51.6 Å². The molecule has 0 spiro atoms. The van der Waals surface area contributed by atoms with Crippen molar-refractivity contribution in [1.29, 1.82) is 0 Å². The van der Waals surface area contributed by atoms with Gasteiger partial charge in [-0.2, -0.15) is 0 Å². The van der Waals surface area contributed by atoms with Crippen molar-refractivity contribution in [2.24, 2.45) is 0 Å². The van der Waals surface area contributed by atoms with E-state index in [1.165, 1.54) is 19.3 Å². The van der Waals surface area contributed by atoms with Crippen molar-refractivity contribution in [3.63, 3.8) is 0 Å². The Bertz CT molecular complexity index is 742. The number of carbonyl (C=O) groups is 1. The van der Waals surface area contributed by atoms with E-state index in [0.29, 0.717) is 5.56 Å². The molecule has 1 unspecified atom stereocenters. The second kappa shape index (κ2) is 8.26. The Morgan fingerprint density at radius 2 is 1.69 bits per heavy atom. The van der Waals surface area contributed by atoms with Crippen LogP contribution in [0.5, 0.6) is 5.75 Å². The molecule has 2 N–H and O–H groups in total. The van der Waals surface area contributed by atoms with Crippen LogP contribution in [0, 0.1) is 0 Å². The number of ether oxygens (including phenoxy) is 1. The van der Waals surface area contributed by atoms with Crippen LogP contribution in [0.4, 0.5) is 5.69 Å². The zero-order valence-electron chi connectivity index (χ0n) is 15.7. The van der Waals surface area contributed by atoms with Crippen molar-refractivity contribution in [2.75, 3.05) is 11.9 Å². The fourth-order valence-electron chi connectivity index (χ4n) is 3.39. The number of anilines is 1. The Morgan fingerprint density at radius 1 is 0.923 bits per heavy atom. The number of fused-ring (bicyclic) bond motifs is 1. The lowest BCUT2D eigenvalue weighted by Crippen LogP contribution is -2.54. The summed E-state index contributed by atoms with van der Waals surface area (Å²) in [5, 5.41) is 6.67. The SMILES string of the molecule is CCCCCCOc1ccc(C2(CC)NC(=O)c3ccccc3N2)cc1. The van der Waals surface area contributed by atoms with Gasteiger partial charge in [-0.25, -0.2) is 0 Å². The van der Waals surface area contributed by atoms with Gasteiger partial charge in [-0.1, -0.05) is 57.4 Å². The molecule has 1 heterocycles. The Morgan fingerprint density at radius 3 is 2.42 bits per heavy atom. The largest absolute Gasteiger partial charge is 0.494 e. The van der Waals surface area contributed by atoms with Gasteiger partial charge < -0.3 is 15.4 Å². The van der Waals surface area contributed by atoms with Crippen molar-refractivity contribution < 1.29 is 9.53 Å². The Kier molecular flexibility index (Phi) is 5.82. The smallest absolute Gasteiger partial charge is 0.255 e. The lowest BCUT2D eigenvalue weighted by Gasteiger charge is -2.40. The average Bonchev–Trinajstić information content (AvgIpc) is 2.68. The maximum absolute atomic E-state index is 12.6. The summed E-state index contributed by atoms with van der Waals surface area (Å²) in [6, 6.07) is 15.7. The van der Waals surface area contributed by atoms with E-state index in [0.717, 1.165) is 36.4 Å². The number of benzene rings is 2. The summed E-state index contributed by atoms with van der Waals surface area (Å²) < 4.78 is 5.83. The summed E-state index contributed by atoms with van der Waals surface area (Å²) >= 11 is 0. The first-order valence-corrected chi connectivity index (χ1v) is 9.61. The van der Waals surface area contributed by atoms with E-state index in [1.54, 1.807) is 0 Å². The lowest BCUT2D eigenvalue weighted by atomic mass is 9.92. The van der Waals surface area contributed by atoms with E-state index in [2.05, 4.69) is 24.5 Å². The number of hydrogen-bond acceptors (Lipinski definition) is 3. The lowest BCUT2D eigenvalue weighted by molar-refractivity contribution is 0.0896. The van der Waals surface area contributed by atoms with E-state index >= 15 is 0 Å². The molecule has 1 aliphatic heterocycles. The normalized spacial score (nSPS) is 18.6. The molecule has 26 heavy (non-hydrogen) atoms. The molecular weight excluding hydrogens is 324 g/mol. The number of carbonyl (C=O) groups excluding carboxylic acids is 1. The molecule has 1 amide bonds. The summed E-state index contributed by atoms with van der Waals surface area (Å²) in [5.41, 5.74) is 1.99. The predicted octanol–water partition coefficient (Wildman–Crippen LogP) is 5.06. The van der Waals surface area contributed by atoms with Crippen molar-refractivity contribution in [3.05, 3.63) is 59.7 Å². The minimum absolute atomic E-state index is 0.0440. The van der Waals surface area contributed by atoms with Gasteiger partial charge in [0.25, 0.3) is 5.91 Å². The van der Waals surface area contributed by atoms with Crippen molar-refractivity contribution >= 4 is 11.6 Å². The van der Waals surface area contributed by atoms with Gasteiger partial charge in [-0.05, 0) is 42.7 Å². The minimum Gasteiger partial charge on any atom is -0.494 e. The number of hydrogen-bond donors (Lipinski definition) is 2. The van der Waals surface area contributed by atoms with Gasteiger partial charge in [0, 0.05) is 5.69 Å². The van der Waals surface area contributed by atoms with Crippen LogP contribution < -0.4 is 15.4 Å². The second-order valence-corrected chi connectivity index (χ2v) is 6.82. The third-order valence-electron chi connectivity index (χ3n) is 4.99. The number of para-hydroxylation sites is 1. The summed E-state index contributed by atoms with van der Waals surface area (Å²) in [5.74, 6) is 0.830. The first-order valence-electron chi connectivity index (χ1n) is 9.61. The molecule has 0 aromatic heterocycles. The van der Waals surface area contributed by atoms with Crippen LogP contribution in [0.3, 0.4) is 0 Å². The third-order valence-corrected chi connectivity index (χ3v) is 4.99. The number of rotatable bonds is 8. The van der Waals surface area contributed by atoms with Crippen LogP contribution in [0.2, 0.25) is 0 Å². The molecule has 0 aliphatic carbocycles. The molecule has 1 aliphatic rings. The second-order valence-electron chi connectivity index (χ2n) is 6.82. The number of unbranched alkanes of at least 4 members (excludes halogenated alkanes) is 3. The Balaban J connectivity index is 1.72. The van der Waals surface area contributed by atoms with Gasteiger partial charge in [0.05, 0.1) is 12.2 Å². The minimum atomic E-state index is -0.592. The zero-order valence-corrected chi connectivity index (χ0v) is 15.7. The molecule has 4 heteroatoms. The first-order chi connectivity index (χ1) is 12.7. The van der Waals surface area contributed by atoms with Gasteiger partial charge in [0.2, 0.25) is 0 Å². The van der Waals surface area contributed by atoms with Crippen LogP contribution in [0.15, 0.2) is 48.5 Å². The van der Waals surface area contributed by atoms with Crippen LogP contribution in [-0.2, 0) is 5.66 Å². The standard InChI is InChI=1S/C22H28N2O2/c1-3-5-6-9-16-26-18-14-12-17(13-15-18)22(4-2)23-20-11-8-7-10-19(20)21(25)24-22/h7-8,10-15,23H,3-6,9,16H2,1-2H3,(H,24,25). The van der Waals surface area contributed by atoms with Crippen LogP contribution in [0.25, 0.3) is 0 Å². The highest BCUT2D eigenvalue weighted by molar-refractivity contribution is 6.02. The van der Waals surface area contributed by atoms with Crippen molar-refractivity contribution in [1.82, 2.24) is 5.32 Å². The Labute approximate surface area is 156 Å². The van der Waals surface area contributed by atoms with Gasteiger partial charge >= 0.3 is 0 Å². The van der Waals surface area contributed by atoms with E-state index < -0.39 is 5.66 Å². The van der Waals surface area contributed by atoms with Crippen molar-refractivity contribution in [3.8, 4) is 5.75 Å². The fourth-order valence-corrected chi connectivity index (χ4v) is 3.39. The molecular formula is C22H28N2O2. The first kappa shape index (κ1) is 18.3. The maximum Gasteiger partial charge on any atom is 0.255 e. The van der Waals surface area contributed by atoms with Crippen LogP contribution in [0.1, 0.15) is 61.9 Å². The van der Waals surface area contributed by atoms with E-state index in [4.69, 9.17) is 4.74 Å². The molecule has 2 aromatic rings. The van der Waals surface area contributed by atoms with E-state index in [1.807, 2.05) is 48.5 Å². The molecule has 138 valence electrons. The summed E-state index contributed by atoms with van der Waals surface area (Å²) in [4.78, 5) is 12.6. The molecule has 0 fully saturated rings.